The van der Waals surface area contributed by atoms with Gasteiger partial charge in [-0.1, -0.05) is 210 Å². The Hall–Kier alpha value is -6.50. The van der Waals surface area contributed by atoms with Crippen LogP contribution in [-0.2, 0) is 0 Å². The van der Waals surface area contributed by atoms with Crippen LogP contribution in [0.2, 0.25) is 0 Å². The maximum absolute atomic E-state index is 2.29. The van der Waals surface area contributed by atoms with E-state index in [0.29, 0.717) is 0 Å². The molecule has 0 nitrogen and oxygen atoms in total. The smallest absolute Gasteiger partial charge is 0.0105 e. The van der Waals surface area contributed by atoms with Crippen molar-refractivity contribution < 1.29 is 0 Å². The van der Waals surface area contributed by atoms with Gasteiger partial charge in [-0.25, -0.2) is 0 Å². The third-order valence-corrected chi connectivity index (χ3v) is 9.79. The highest BCUT2D eigenvalue weighted by molar-refractivity contribution is 5.92. The molecule has 7 aromatic carbocycles. The van der Waals surface area contributed by atoms with E-state index < -0.39 is 0 Å². The molecule has 0 aliphatic rings. The van der Waals surface area contributed by atoms with E-state index in [1.165, 1.54) is 89.0 Å². The summed E-state index contributed by atoms with van der Waals surface area (Å²) in [6.07, 6.45) is 13.3. The highest BCUT2D eigenvalue weighted by Crippen LogP contribution is 2.29. The molecule has 0 unspecified atom stereocenters. The zero-order valence-electron chi connectivity index (χ0n) is 31.6. The molecule has 0 spiro atoms. The minimum Gasteiger partial charge on any atom is -0.0611 e. The fraction of sp³-hybridized carbons (Fsp3) is 0.0741. The van der Waals surface area contributed by atoms with Crippen LogP contribution in [0.3, 0.4) is 0 Å². The van der Waals surface area contributed by atoms with E-state index in [1.54, 1.807) is 0 Å². The quantitative estimate of drug-likeness (QED) is 0.125. The van der Waals surface area contributed by atoms with Crippen LogP contribution >= 0.6 is 0 Å². The maximum Gasteiger partial charge on any atom is -0.0105 e. The molecule has 54 heavy (non-hydrogen) atoms. The lowest BCUT2D eigenvalue weighted by Gasteiger charge is -2.10. The minimum atomic E-state index is 1.17. The summed E-state index contributed by atoms with van der Waals surface area (Å²) in [7, 11) is 0. The van der Waals surface area contributed by atoms with Crippen LogP contribution in [0, 0.1) is 27.7 Å². The second-order valence-corrected chi connectivity index (χ2v) is 14.3. The van der Waals surface area contributed by atoms with Crippen molar-refractivity contribution in [3.05, 3.63) is 248 Å². The molecule has 0 saturated carbocycles. The maximum atomic E-state index is 2.29. The van der Waals surface area contributed by atoms with Crippen molar-refractivity contribution in [1.29, 1.82) is 0 Å². The summed E-state index contributed by atoms with van der Waals surface area (Å²) >= 11 is 0. The Morgan fingerprint density at radius 1 is 0.278 bits per heavy atom. The number of hydrogen-bond donors (Lipinski definition) is 0. The van der Waals surface area contributed by atoms with E-state index in [4.69, 9.17) is 0 Å². The van der Waals surface area contributed by atoms with Gasteiger partial charge in [-0.2, -0.15) is 0 Å². The summed E-state index contributed by atoms with van der Waals surface area (Å²) in [5.74, 6) is 0. The summed E-state index contributed by atoms with van der Waals surface area (Å²) in [6, 6.07) is 61.4. The SMILES string of the molecule is Cc1ccc(C(=Cc2ccc(C=Cc3cccc(C=Cc4ccc(C=C(c5ccc(C)cc5)c5ccc(C)cc5)cc4)c3)cc2)c2ccc(C)cc2)cc1. The van der Waals surface area contributed by atoms with Crippen molar-refractivity contribution in [2.75, 3.05) is 0 Å². The molecule has 7 rings (SSSR count). The first-order valence-electron chi connectivity index (χ1n) is 18.7. The zero-order valence-corrected chi connectivity index (χ0v) is 31.6. The van der Waals surface area contributed by atoms with E-state index in [9.17, 15) is 0 Å². The van der Waals surface area contributed by atoms with Gasteiger partial charge in [-0.05, 0) is 113 Å². The molecule has 0 amide bonds. The average Bonchev–Trinajstić information content (AvgIpc) is 3.20. The van der Waals surface area contributed by atoms with Crippen LogP contribution in [0.15, 0.2) is 170 Å². The van der Waals surface area contributed by atoms with Gasteiger partial charge in [0.1, 0.15) is 0 Å². The minimum absolute atomic E-state index is 1.17. The molecule has 0 radical (unpaired) electrons. The van der Waals surface area contributed by atoms with Crippen LogP contribution in [0.1, 0.15) is 77.9 Å². The van der Waals surface area contributed by atoms with E-state index in [-0.39, 0.29) is 0 Å². The molecule has 0 aliphatic heterocycles. The van der Waals surface area contributed by atoms with Crippen LogP contribution in [0.5, 0.6) is 0 Å². The molecule has 0 fully saturated rings. The standard InChI is InChI=1S/C54H46/c1-39-8-28-49(29-9-39)53(50-30-10-40(2)11-31-50)37-47-24-18-43(19-25-47)16-22-45-6-5-7-46(36-45)23-17-44-20-26-48(27-21-44)38-54(51-32-12-41(3)13-33-51)52-34-14-42(4)15-35-52/h5-38H,1-4H3. The molecule has 0 N–H and O–H groups in total. The molecule has 7 aromatic rings. The van der Waals surface area contributed by atoms with Crippen molar-refractivity contribution in [2.24, 2.45) is 0 Å². The molecule has 0 saturated heterocycles. The van der Waals surface area contributed by atoms with Crippen molar-refractivity contribution in [3.63, 3.8) is 0 Å². The monoisotopic (exact) mass is 694 g/mol. The topological polar surface area (TPSA) is 0 Å². The van der Waals surface area contributed by atoms with Gasteiger partial charge in [-0.15, -0.1) is 0 Å². The average molecular weight is 695 g/mol. The molecule has 0 aliphatic carbocycles. The Labute approximate surface area is 321 Å². The normalized spacial score (nSPS) is 11.2. The van der Waals surface area contributed by atoms with Gasteiger partial charge < -0.3 is 0 Å². The first-order chi connectivity index (χ1) is 26.3. The van der Waals surface area contributed by atoms with Crippen molar-refractivity contribution in [1.82, 2.24) is 0 Å². The third kappa shape index (κ3) is 9.48. The van der Waals surface area contributed by atoms with E-state index in [1.807, 2.05) is 0 Å². The summed E-state index contributed by atoms with van der Waals surface area (Å²) < 4.78 is 0. The fourth-order valence-corrected chi connectivity index (χ4v) is 6.49. The Morgan fingerprint density at radius 2 is 0.537 bits per heavy atom. The van der Waals surface area contributed by atoms with Crippen molar-refractivity contribution in [3.8, 4) is 0 Å². The second kappa shape index (κ2) is 16.9. The van der Waals surface area contributed by atoms with Crippen molar-refractivity contribution >= 4 is 47.6 Å². The van der Waals surface area contributed by atoms with Crippen LogP contribution in [0.4, 0.5) is 0 Å². The summed E-state index contributed by atoms with van der Waals surface area (Å²) in [6.45, 7) is 8.52. The third-order valence-electron chi connectivity index (χ3n) is 9.79. The van der Waals surface area contributed by atoms with Crippen molar-refractivity contribution in [2.45, 2.75) is 27.7 Å². The molecule has 0 bridgehead atoms. The van der Waals surface area contributed by atoms with Gasteiger partial charge >= 0.3 is 0 Å². The number of benzene rings is 7. The van der Waals surface area contributed by atoms with Gasteiger partial charge in [0.2, 0.25) is 0 Å². The van der Waals surface area contributed by atoms with Gasteiger partial charge in [0, 0.05) is 0 Å². The largest absolute Gasteiger partial charge is 0.0611 e. The van der Waals surface area contributed by atoms with Crippen LogP contribution < -0.4 is 0 Å². The van der Waals surface area contributed by atoms with Gasteiger partial charge in [0.05, 0.1) is 0 Å². The van der Waals surface area contributed by atoms with Crippen LogP contribution in [-0.4, -0.2) is 0 Å². The number of rotatable bonds is 10. The molecule has 0 aromatic heterocycles. The molecular weight excluding hydrogens is 649 g/mol. The Morgan fingerprint density at radius 3 is 0.833 bits per heavy atom. The lowest BCUT2D eigenvalue weighted by Crippen LogP contribution is -1.89. The lowest BCUT2D eigenvalue weighted by molar-refractivity contribution is 1.43. The molecule has 0 heterocycles. The van der Waals surface area contributed by atoms with E-state index in [0.717, 1.165) is 0 Å². The zero-order chi connectivity index (χ0) is 37.3. The summed E-state index contributed by atoms with van der Waals surface area (Å²) in [4.78, 5) is 0. The number of hydrogen-bond acceptors (Lipinski definition) is 0. The Kier molecular flexibility index (Phi) is 11.2. The first kappa shape index (κ1) is 35.9. The molecule has 262 valence electrons. The summed E-state index contributed by atoms with van der Waals surface area (Å²) in [5, 5.41) is 0. The Bertz CT molecular complexity index is 2160. The number of aryl methyl sites for hydroxylation is 4. The molecular formula is C54H46. The fourth-order valence-electron chi connectivity index (χ4n) is 6.49. The predicted octanol–water partition coefficient (Wildman–Crippen LogP) is 14.4. The first-order valence-corrected chi connectivity index (χ1v) is 18.7. The second-order valence-electron chi connectivity index (χ2n) is 14.3. The van der Waals surface area contributed by atoms with E-state index in [2.05, 4.69) is 234 Å². The molecule has 0 heteroatoms. The summed E-state index contributed by atoms with van der Waals surface area (Å²) in [5.41, 5.74) is 19.4. The van der Waals surface area contributed by atoms with Crippen LogP contribution in [0.25, 0.3) is 47.6 Å². The van der Waals surface area contributed by atoms with Gasteiger partial charge in [0.15, 0.2) is 0 Å². The van der Waals surface area contributed by atoms with E-state index >= 15 is 0 Å². The molecule has 0 atom stereocenters. The lowest BCUT2D eigenvalue weighted by atomic mass is 9.94. The Balaban J connectivity index is 1.04. The van der Waals surface area contributed by atoms with Gasteiger partial charge in [0.25, 0.3) is 0 Å². The highest BCUT2D eigenvalue weighted by Gasteiger charge is 2.08. The van der Waals surface area contributed by atoms with Gasteiger partial charge in [-0.3, -0.25) is 0 Å². The highest BCUT2D eigenvalue weighted by atomic mass is 14.1. The predicted molar refractivity (Wildman–Crippen MR) is 236 cm³/mol.